The lowest BCUT2D eigenvalue weighted by molar-refractivity contribution is 0.242. The Morgan fingerprint density at radius 3 is 2.15 bits per heavy atom. The van der Waals surface area contributed by atoms with Crippen LogP contribution < -0.4 is 19.5 Å². The molecule has 0 radical (unpaired) electrons. The Balaban J connectivity index is 2.12. The van der Waals surface area contributed by atoms with Gasteiger partial charge in [-0.05, 0) is 55.8 Å². The summed E-state index contributed by atoms with van der Waals surface area (Å²) < 4.78 is 36.4. The molecule has 0 spiro atoms. The molecule has 2 N–H and O–H groups in total. The summed E-state index contributed by atoms with van der Waals surface area (Å²) in [6, 6.07) is 14.6. The smallest absolute Gasteiger partial charge is 0.232 e. The number of hydrogen-bond acceptors (Lipinski definition) is 5. The number of ether oxygens (including phenoxy) is 2. The number of anilines is 1. The molecule has 0 unspecified atom stereocenters. The minimum absolute atomic E-state index is 0.105. The standard InChI is InChI=1S/C19H25N3O4S/c1-14(2)26-18-9-5-15(6-10-18)13-20-19(22-27(4,23)24)21-16-7-11-17(25-3)12-8-16/h5-12,14H,13H2,1-4H3,(H2,20,21,22). The topological polar surface area (TPSA) is 89.0 Å². The fraction of sp³-hybridized carbons (Fsp3) is 0.316. The summed E-state index contributed by atoms with van der Waals surface area (Å²) in [6.45, 7) is 4.24. The number of nitrogens with one attached hydrogen (secondary N) is 2. The van der Waals surface area contributed by atoms with Gasteiger partial charge in [-0.15, -0.1) is 0 Å². The highest BCUT2D eigenvalue weighted by Crippen LogP contribution is 2.16. The molecule has 2 aromatic carbocycles. The number of hydrogen-bond donors (Lipinski definition) is 2. The maximum atomic E-state index is 11.6. The summed E-state index contributed by atoms with van der Waals surface area (Å²) >= 11 is 0. The van der Waals surface area contributed by atoms with Crippen molar-refractivity contribution in [1.82, 2.24) is 4.72 Å². The predicted octanol–water partition coefficient (Wildman–Crippen LogP) is 3.00. The van der Waals surface area contributed by atoms with Crippen molar-refractivity contribution in [1.29, 1.82) is 0 Å². The molecule has 0 atom stereocenters. The van der Waals surface area contributed by atoms with Crippen molar-refractivity contribution < 1.29 is 17.9 Å². The Labute approximate surface area is 160 Å². The van der Waals surface area contributed by atoms with E-state index in [2.05, 4.69) is 15.0 Å². The number of guanidine groups is 1. The zero-order valence-corrected chi connectivity index (χ0v) is 16.7. The third-order valence-corrected chi connectivity index (χ3v) is 3.91. The van der Waals surface area contributed by atoms with Crippen LogP contribution in [0.2, 0.25) is 0 Å². The molecule has 0 saturated carbocycles. The fourth-order valence-electron chi connectivity index (χ4n) is 2.20. The van der Waals surface area contributed by atoms with Crippen molar-refractivity contribution in [2.75, 3.05) is 18.7 Å². The summed E-state index contributed by atoms with van der Waals surface area (Å²) in [7, 11) is -1.89. The first-order valence-corrected chi connectivity index (χ1v) is 10.3. The Bertz CT molecular complexity index is 861. The zero-order chi connectivity index (χ0) is 19.9. The Kier molecular flexibility index (Phi) is 7.06. The first-order chi connectivity index (χ1) is 12.7. The van der Waals surface area contributed by atoms with Gasteiger partial charge < -0.3 is 14.8 Å². The molecule has 0 fully saturated rings. The minimum atomic E-state index is -3.47. The van der Waals surface area contributed by atoms with Crippen molar-refractivity contribution in [2.24, 2.45) is 4.99 Å². The van der Waals surface area contributed by atoms with Gasteiger partial charge in [0.15, 0.2) is 0 Å². The quantitative estimate of drug-likeness (QED) is 0.559. The van der Waals surface area contributed by atoms with Crippen molar-refractivity contribution in [3.05, 3.63) is 54.1 Å². The lowest BCUT2D eigenvalue weighted by Crippen LogP contribution is -2.35. The first kappa shape index (κ1) is 20.6. The summed E-state index contributed by atoms with van der Waals surface area (Å²) in [5.74, 6) is 1.63. The Hall–Kier alpha value is -2.74. The molecule has 0 aromatic heterocycles. The van der Waals surface area contributed by atoms with Crippen LogP contribution in [0.3, 0.4) is 0 Å². The van der Waals surface area contributed by atoms with E-state index in [0.717, 1.165) is 17.6 Å². The second-order valence-electron chi connectivity index (χ2n) is 6.20. The number of benzene rings is 2. The summed E-state index contributed by atoms with van der Waals surface area (Å²) in [5.41, 5.74) is 1.61. The number of sulfonamides is 1. The molecule has 7 nitrogen and oxygen atoms in total. The van der Waals surface area contributed by atoms with E-state index in [1.54, 1.807) is 31.4 Å². The molecule has 0 saturated heterocycles. The van der Waals surface area contributed by atoms with Gasteiger partial charge >= 0.3 is 0 Å². The van der Waals surface area contributed by atoms with E-state index in [1.165, 1.54) is 0 Å². The third-order valence-electron chi connectivity index (χ3n) is 3.35. The van der Waals surface area contributed by atoms with Gasteiger partial charge in [0.2, 0.25) is 16.0 Å². The SMILES string of the molecule is COc1ccc(NC(=NCc2ccc(OC(C)C)cc2)NS(C)(=O)=O)cc1. The maximum Gasteiger partial charge on any atom is 0.232 e. The van der Waals surface area contributed by atoms with Gasteiger partial charge in [0.05, 0.1) is 26.0 Å². The molecule has 0 bridgehead atoms. The molecule has 2 aromatic rings. The van der Waals surface area contributed by atoms with Crippen molar-refractivity contribution in [3.8, 4) is 11.5 Å². The van der Waals surface area contributed by atoms with Crippen LogP contribution >= 0.6 is 0 Å². The van der Waals surface area contributed by atoms with Crippen LogP contribution in [0, 0.1) is 0 Å². The van der Waals surface area contributed by atoms with E-state index >= 15 is 0 Å². The number of rotatable bonds is 7. The average Bonchev–Trinajstić information content (AvgIpc) is 2.60. The van der Waals surface area contributed by atoms with E-state index in [-0.39, 0.29) is 12.1 Å². The molecular weight excluding hydrogens is 366 g/mol. The van der Waals surface area contributed by atoms with Gasteiger partial charge in [0.25, 0.3) is 0 Å². The van der Waals surface area contributed by atoms with Gasteiger partial charge in [-0.3, -0.25) is 4.72 Å². The maximum absolute atomic E-state index is 11.6. The molecule has 27 heavy (non-hydrogen) atoms. The fourth-order valence-corrected chi connectivity index (χ4v) is 2.67. The molecular formula is C19H25N3O4S. The predicted molar refractivity (Wildman–Crippen MR) is 108 cm³/mol. The number of nitrogens with zero attached hydrogens (tertiary/aromatic N) is 1. The summed E-state index contributed by atoms with van der Waals surface area (Å²) in [4.78, 5) is 4.35. The van der Waals surface area contributed by atoms with Crippen LogP contribution in [0.5, 0.6) is 11.5 Å². The highest BCUT2D eigenvalue weighted by atomic mass is 32.2. The Morgan fingerprint density at radius 1 is 1.04 bits per heavy atom. The molecule has 2 rings (SSSR count). The largest absolute Gasteiger partial charge is 0.497 e. The van der Waals surface area contributed by atoms with Crippen LogP contribution in [-0.2, 0) is 16.6 Å². The van der Waals surface area contributed by atoms with Crippen molar-refractivity contribution in [3.63, 3.8) is 0 Å². The van der Waals surface area contributed by atoms with Crippen LogP contribution in [0.25, 0.3) is 0 Å². The van der Waals surface area contributed by atoms with E-state index in [9.17, 15) is 8.42 Å². The highest BCUT2D eigenvalue weighted by Gasteiger charge is 2.07. The molecule has 0 aliphatic carbocycles. The summed E-state index contributed by atoms with van der Waals surface area (Å²) in [6.07, 6.45) is 1.18. The van der Waals surface area contributed by atoms with E-state index in [0.29, 0.717) is 18.0 Å². The van der Waals surface area contributed by atoms with Crippen molar-refractivity contribution in [2.45, 2.75) is 26.5 Å². The molecule has 0 amide bonds. The molecule has 0 heterocycles. The number of methoxy groups -OCH3 is 1. The monoisotopic (exact) mass is 391 g/mol. The average molecular weight is 391 g/mol. The zero-order valence-electron chi connectivity index (χ0n) is 15.9. The lowest BCUT2D eigenvalue weighted by Gasteiger charge is -2.12. The highest BCUT2D eigenvalue weighted by molar-refractivity contribution is 7.89. The molecule has 0 aliphatic rings. The second kappa shape index (κ2) is 9.27. The van der Waals surface area contributed by atoms with Crippen LogP contribution in [0.15, 0.2) is 53.5 Å². The first-order valence-electron chi connectivity index (χ1n) is 8.44. The third kappa shape index (κ3) is 7.57. The second-order valence-corrected chi connectivity index (χ2v) is 7.95. The van der Waals surface area contributed by atoms with E-state index in [4.69, 9.17) is 9.47 Å². The van der Waals surface area contributed by atoms with Gasteiger partial charge in [-0.1, -0.05) is 12.1 Å². The van der Waals surface area contributed by atoms with E-state index in [1.807, 2.05) is 38.1 Å². The van der Waals surface area contributed by atoms with Crippen LogP contribution in [0.4, 0.5) is 5.69 Å². The minimum Gasteiger partial charge on any atom is -0.497 e. The van der Waals surface area contributed by atoms with Gasteiger partial charge in [0.1, 0.15) is 11.5 Å². The normalized spacial score (nSPS) is 12.0. The van der Waals surface area contributed by atoms with Gasteiger partial charge in [-0.25, -0.2) is 13.4 Å². The van der Waals surface area contributed by atoms with E-state index < -0.39 is 10.0 Å². The van der Waals surface area contributed by atoms with Crippen LogP contribution in [0.1, 0.15) is 19.4 Å². The summed E-state index contributed by atoms with van der Waals surface area (Å²) in [5, 5.41) is 2.97. The number of aliphatic imine (C=N–C) groups is 1. The molecule has 8 heteroatoms. The Morgan fingerprint density at radius 2 is 1.63 bits per heavy atom. The lowest BCUT2D eigenvalue weighted by atomic mass is 10.2. The van der Waals surface area contributed by atoms with Gasteiger partial charge in [-0.2, -0.15) is 0 Å². The molecule has 0 aliphatic heterocycles. The van der Waals surface area contributed by atoms with Gasteiger partial charge in [0, 0.05) is 5.69 Å². The van der Waals surface area contributed by atoms with Crippen LogP contribution in [-0.4, -0.2) is 33.8 Å². The van der Waals surface area contributed by atoms with Crippen molar-refractivity contribution >= 4 is 21.7 Å². The molecule has 146 valence electrons.